The van der Waals surface area contributed by atoms with Gasteiger partial charge in [-0.3, -0.25) is 9.78 Å². The number of carbonyl (C=O) groups is 1. The third kappa shape index (κ3) is 5.31. The quantitative estimate of drug-likeness (QED) is 0.581. The lowest BCUT2D eigenvalue weighted by atomic mass is 10.2. The number of halogens is 1. The van der Waals surface area contributed by atoms with Crippen molar-refractivity contribution in [2.75, 3.05) is 23.3 Å². The molecule has 0 fully saturated rings. The van der Waals surface area contributed by atoms with Gasteiger partial charge in [-0.25, -0.2) is 4.39 Å². The Bertz CT molecular complexity index is 955. The zero-order valence-corrected chi connectivity index (χ0v) is 16.7. The van der Waals surface area contributed by atoms with E-state index in [0.717, 1.165) is 24.5 Å². The predicted octanol–water partition coefficient (Wildman–Crippen LogP) is 4.74. The van der Waals surface area contributed by atoms with Crippen LogP contribution in [0.2, 0.25) is 0 Å². The Morgan fingerprint density at radius 2 is 1.72 bits per heavy atom. The van der Waals surface area contributed by atoms with Crippen LogP contribution in [0.3, 0.4) is 0 Å². The second-order valence-corrected chi connectivity index (χ2v) is 6.55. The number of nitrogens with zero attached hydrogens (tertiary/aromatic N) is 2. The fourth-order valence-corrected chi connectivity index (χ4v) is 3.05. The summed E-state index contributed by atoms with van der Waals surface area (Å²) >= 11 is 0. The van der Waals surface area contributed by atoms with Crippen LogP contribution < -0.4 is 15.5 Å². The van der Waals surface area contributed by atoms with Gasteiger partial charge in [-0.1, -0.05) is 18.2 Å². The molecule has 0 aliphatic rings. The lowest BCUT2D eigenvalue weighted by Crippen LogP contribution is -2.24. The Morgan fingerprint density at radius 3 is 2.41 bits per heavy atom. The molecular formula is C23H25FN4O. The summed E-state index contributed by atoms with van der Waals surface area (Å²) in [6.07, 6.45) is 1.57. The minimum Gasteiger partial charge on any atom is -0.372 e. The number of carbonyl (C=O) groups excluding carboxylic acids is 1. The topological polar surface area (TPSA) is 57.3 Å². The third-order valence-electron chi connectivity index (χ3n) is 4.67. The lowest BCUT2D eigenvalue weighted by molar-refractivity contribution is 0.0945. The van der Waals surface area contributed by atoms with Crippen molar-refractivity contribution >= 4 is 23.0 Å². The summed E-state index contributed by atoms with van der Waals surface area (Å²) in [5.41, 5.74) is 3.55. The molecule has 1 aromatic heterocycles. The maximum absolute atomic E-state index is 13.7. The van der Waals surface area contributed by atoms with Crippen molar-refractivity contribution in [1.82, 2.24) is 10.3 Å². The lowest BCUT2D eigenvalue weighted by Gasteiger charge is -2.21. The van der Waals surface area contributed by atoms with Gasteiger partial charge in [-0.05, 0) is 56.3 Å². The molecular weight excluding hydrogens is 367 g/mol. The van der Waals surface area contributed by atoms with Crippen molar-refractivity contribution in [1.29, 1.82) is 0 Å². The smallest absolute Gasteiger partial charge is 0.270 e. The normalized spacial score (nSPS) is 10.4. The summed E-state index contributed by atoms with van der Waals surface area (Å²) in [5.74, 6) is -0.696. The standard InChI is InChI=1S/C23H25FN4O/c1-3-28(4-2)20-11-9-18(10-12-20)27-19-13-14-25-22(15-19)23(29)26-16-17-7-5-6-8-21(17)24/h5-15H,3-4,16H2,1-2H3,(H,25,27)(H,26,29). The van der Waals surface area contributed by atoms with Gasteiger partial charge < -0.3 is 15.5 Å². The van der Waals surface area contributed by atoms with E-state index in [0.29, 0.717) is 5.56 Å². The molecule has 2 N–H and O–H groups in total. The molecule has 0 aliphatic heterocycles. The highest BCUT2D eigenvalue weighted by Crippen LogP contribution is 2.21. The molecule has 6 heteroatoms. The van der Waals surface area contributed by atoms with Gasteiger partial charge in [0, 0.05) is 48.5 Å². The van der Waals surface area contributed by atoms with Crippen molar-refractivity contribution in [2.24, 2.45) is 0 Å². The van der Waals surface area contributed by atoms with Gasteiger partial charge in [-0.2, -0.15) is 0 Å². The predicted molar refractivity (Wildman–Crippen MR) is 115 cm³/mol. The molecule has 2 aromatic carbocycles. The summed E-state index contributed by atoms with van der Waals surface area (Å²) < 4.78 is 13.7. The number of hydrogen-bond acceptors (Lipinski definition) is 4. The van der Waals surface area contributed by atoms with E-state index in [1.807, 2.05) is 12.1 Å². The van der Waals surface area contributed by atoms with Gasteiger partial charge in [0.25, 0.3) is 5.91 Å². The molecule has 0 saturated heterocycles. The van der Waals surface area contributed by atoms with E-state index < -0.39 is 0 Å². The molecule has 1 heterocycles. The van der Waals surface area contributed by atoms with Gasteiger partial charge in [0.1, 0.15) is 11.5 Å². The van der Waals surface area contributed by atoms with E-state index in [1.54, 1.807) is 36.5 Å². The highest BCUT2D eigenvalue weighted by atomic mass is 19.1. The molecule has 0 aliphatic carbocycles. The first-order valence-corrected chi connectivity index (χ1v) is 9.70. The van der Waals surface area contributed by atoms with Gasteiger partial charge >= 0.3 is 0 Å². The molecule has 0 spiro atoms. The summed E-state index contributed by atoms with van der Waals surface area (Å²) in [5, 5.41) is 5.99. The molecule has 5 nitrogen and oxygen atoms in total. The second-order valence-electron chi connectivity index (χ2n) is 6.55. The van der Waals surface area contributed by atoms with E-state index >= 15 is 0 Å². The van der Waals surface area contributed by atoms with Crippen LogP contribution in [0.5, 0.6) is 0 Å². The first-order chi connectivity index (χ1) is 14.1. The van der Waals surface area contributed by atoms with Gasteiger partial charge in [0.05, 0.1) is 0 Å². The monoisotopic (exact) mass is 392 g/mol. The highest BCUT2D eigenvalue weighted by Gasteiger charge is 2.10. The molecule has 0 radical (unpaired) electrons. The van der Waals surface area contributed by atoms with E-state index in [-0.39, 0.29) is 24.0 Å². The molecule has 0 atom stereocenters. The second kappa shape index (κ2) is 9.68. The minimum atomic E-state index is -0.353. The largest absolute Gasteiger partial charge is 0.372 e. The first kappa shape index (κ1) is 20.3. The molecule has 29 heavy (non-hydrogen) atoms. The zero-order valence-electron chi connectivity index (χ0n) is 16.7. The number of nitrogens with one attached hydrogen (secondary N) is 2. The third-order valence-corrected chi connectivity index (χ3v) is 4.67. The Morgan fingerprint density at radius 1 is 1.00 bits per heavy atom. The fourth-order valence-electron chi connectivity index (χ4n) is 3.05. The molecule has 1 amide bonds. The van der Waals surface area contributed by atoms with Crippen molar-refractivity contribution in [3.05, 3.63) is 83.9 Å². The fraction of sp³-hybridized carbons (Fsp3) is 0.217. The summed E-state index contributed by atoms with van der Waals surface area (Å²) in [4.78, 5) is 18.8. The summed E-state index contributed by atoms with van der Waals surface area (Å²) in [6, 6.07) is 18.0. The van der Waals surface area contributed by atoms with Crippen LogP contribution in [0.1, 0.15) is 29.9 Å². The highest BCUT2D eigenvalue weighted by molar-refractivity contribution is 5.93. The van der Waals surface area contributed by atoms with Crippen molar-refractivity contribution in [3.8, 4) is 0 Å². The maximum Gasteiger partial charge on any atom is 0.270 e. The molecule has 0 saturated carbocycles. The Kier molecular flexibility index (Phi) is 6.79. The average Bonchev–Trinajstić information content (AvgIpc) is 2.75. The van der Waals surface area contributed by atoms with Crippen LogP contribution in [0.25, 0.3) is 0 Å². The Balaban J connectivity index is 1.64. The maximum atomic E-state index is 13.7. The number of amides is 1. The van der Waals surface area contributed by atoms with Crippen LogP contribution in [-0.2, 0) is 6.54 Å². The molecule has 3 aromatic rings. The SMILES string of the molecule is CCN(CC)c1ccc(Nc2ccnc(C(=O)NCc3ccccc3F)c2)cc1. The van der Waals surface area contributed by atoms with Crippen molar-refractivity contribution in [3.63, 3.8) is 0 Å². The van der Waals surface area contributed by atoms with Gasteiger partial charge in [0.15, 0.2) is 0 Å². The summed E-state index contributed by atoms with van der Waals surface area (Å²) in [7, 11) is 0. The number of benzene rings is 2. The van der Waals surface area contributed by atoms with Crippen LogP contribution in [-0.4, -0.2) is 24.0 Å². The first-order valence-electron chi connectivity index (χ1n) is 9.70. The number of pyridine rings is 1. The van der Waals surface area contributed by atoms with Gasteiger partial charge in [0.2, 0.25) is 0 Å². The Labute approximate surface area is 170 Å². The zero-order chi connectivity index (χ0) is 20.6. The molecule has 3 rings (SSSR count). The molecule has 0 bridgehead atoms. The number of hydrogen-bond donors (Lipinski definition) is 2. The number of rotatable bonds is 8. The number of anilines is 3. The average molecular weight is 392 g/mol. The summed E-state index contributed by atoms with van der Waals surface area (Å²) in [6.45, 7) is 6.28. The van der Waals surface area contributed by atoms with Crippen LogP contribution >= 0.6 is 0 Å². The minimum absolute atomic E-state index is 0.109. The van der Waals surface area contributed by atoms with E-state index in [1.165, 1.54) is 11.8 Å². The Hall–Kier alpha value is -3.41. The molecule has 0 unspecified atom stereocenters. The van der Waals surface area contributed by atoms with Gasteiger partial charge in [-0.15, -0.1) is 0 Å². The van der Waals surface area contributed by atoms with E-state index in [2.05, 4.69) is 46.5 Å². The molecule has 150 valence electrons. The van der Waals surface area contributed by atoms with Crippen LogP contribution in [0.4, 0.5) is 21.5 Å². The van der Waals surface area contributed by atoms with Crippen LogP contribution in [0, 0.1) is 5.82 Å². The van der Waals surface area contributed by atoms with E-state index in [9.17, 15) is 9.18 Å². The van der Waals surface area contributed by atoms with Crippen molar-refractivity contribution < 1.29 is 9.18 Å². The van der Waals surface area contributed by atoms with Crippen LogP contribution in [0.15, 0.2) is 66.9 Å². The van der Waals surface area contributed by atoms with Crippen molar-refractivity contribution in [2.45, 2.75) is 20.4 Å². The van der Waals surface area contributed by atoms with E-state index in [4.69, 9.17) is 0 Å². The number of aromatic nitrogens is 1.